The molecular weight excluding hydrogens is 352 g/mol. The highest BCUT2D eigenvalue weighted by Gasteiger charge is 2.29. The first-order valence-electron chi connectivity index (χ1n) is 9.56. The molecule has 1 unspecified atom stereocenters. The summed E-state index contributed by atoms with van der Waals surface area (Å²) in [4.78, 5) is 19.1. The first-order valence-corrected chi connectivity index (χ1v) is 9.56. The van der Waals surface area contributed by atoms with E-state index in [4.69, 9.17) is 4.74 Å². The molecular formula is C22H24N4O2. The zero-order valence-corrected chi connectivity index (χ0v) is 16.2. The summed E-state index contributed by atoms with van der Waals surface area (Å²) in [6, 6.07) is 12.0. The van der Waals surface area contributed by atoms with E-state index in [1.807, 2.05) is 11.1 Å². The molecule has 1 aromatic carbocycles. The standard InChI is InChI=1S/C22H24N4O2/c1-15-7-9-16(10-8-15)19-13-24-25-20(19)17-5-4-12-26(14-17)22(27)18-6-3-11-23-21(18)28-2/h3,6-11,13,17H,4-5,12,14H2,1-2H3,(H,24,25). The van der Waals surface area contributed by atoms with Gasteiger partial charge in [0.1, 0.15) is 5.56 Å². The zero-order chi connectivity index (χ0) is 19.5. The number of piperidine rings is 1. The van der Waals surface area contributed by atoms with E-state index in [9.17, 15) is 4.79 Å². The Labute approximate surface area is 164 Å². The number of pyridine rings is 1. The van der Waals surface area contributed by atoms with Gasteiger partial charge < -0.3 is 9.64 Å². The lowest BCUT2D eigenvalue weighted by Crippen LogP contribution is -2.39. The van der Waals surface area contributed by atoms with Crippen molar-refractivity contribution in [1.29, 1.82) is 0 Å². The molecule has 6 nitrogen and oxygen atoms in total. The molecule has 1 N–H and O–H groups in total. The van der Waals surface area contributed by atoms with Crippen LogP contribution < -0.4 is 4.74 Å². The first-order chi connectivity index (χ1) is 13.7. The third kappa shape index (κ3) is 3.50. The monoisotopic (exact) mass is 376 g/mol. The van der Waals surface area contributed by atoms with Crippen molar-refractivity contribution in [3.05, 3.63) is 65.6 Å². The Kier molecular flexibility index (Phi) is 5.10. The fourth-order valence-corrected chi connectivity index (χ4v) is 3.85. The van der Waals surface area contributed by atoms with Crippen molar-refractivity contribution in [2.75, 3.05) is 20.2 Å². The second-order valence-electron chi connectivity index (χ2n) is 7.21. The number of aromatic nitrogens is 3. The van der Waals surface area contributed by atoms with Gasteiger partial charge in [-0.05, 0) is 37.5 Å². The molecule has 28 heavy (non-hydrogen) atoms. The summed E-state index contributed by atoms with van der Waals surface area (Å²) < 4.78 is 5.27. The fraction of sp³-hybridized carbons (Fsp3) is 0.318. The molecule has 3 aromatic rings. The van der Waals surface area contributed by atoms with E-state index in [1.165, 1.54) is 12.7 Å². The predicted octanol–water partition coefficient (Wildman–Crippen LogP) is 3.81. The van der Waals surface area contributed by atoms with Gasteiger partial charge in [-0.2, -0.15) is 5.10 Å². The quantitative estimate of drug-likeness (QED) is 0.752. The minimum absolute atomic E-state index is 0.0361. The Morgan fingerprint density at radius 2 is 2.07 bits per heavy atom. The van der Waals surface area contributed by atoms with Crippen LogP contribution in [0.3, 0.4) is 0 Å². The number of hydrogen-bond acceptors (Lipinski definition) is 4. The van der Waals surface area contributed by atoms with Crippen LogP contribution in [0.2, 0.25) is 0 Å². The van der Waals surface area contributed by atoms with E-state index in [-0.39, 0.29) is 11.8 Å². The lowest BCUT2D eigenvalue weighted by molar-refractivity contribution is 0.0701. The molecule has 0 spiro atoms. The Morgan fingerprint density at radius 3 is 2.86 bits per heavy atom. The molecule has 2 aromatic heterocycles. The average Bonchev–Trinajstić information content (AvgIpc) is 3.24. The number of amides is 1. The Morgan fingerprint density at radius 1 is 1.25 bits per heavy atom. The number of aromatic amines is 1. The summed E-state index contributed by atoms with van der Waals surface area (Å²) in [7, 11) is 1.54. The van der Waals surface area contributed by atoms with E-state index < -0.39 is 0 Å². The van der Waals surface area contributed by atoms with Crippen LogP contribution in [0.25, 0.3) is 11.1 Å². The molecule has 1 aliphatic heterocycles. The number of rotatable bonds is 4. The van der Waals surface area contributed by atoms with Gasteiger partial charge in [-0.1, -0.05) is 29.8 Å². The van der Waals surface area contributed by atoms with Crippen molar-refractivity contribution in [2.24, 2.45) is 0 Å². The van der Waals surface area contributed by atoms with Crippen molar-refractivity contribution in [1.82, 2.24) is 20.1 Å². The molecule has 1 aliphatic rings. The third-order valence-corrected chi connectivity index (χ3v) is 5.34. The Bertz CT molecular complexity index is 965. The van der Waals surface area contributed by atoms with Crippen LogP contribution in [0.4, 0.5) is 0 Å². The van der Waals surface area contributed by atoms with Crippen LogP contribution >= 0.6 is 0 Å². The summed E-state index contributed by atoms with van der Waals surface area (Å²) in [6.45, 7) is 3.47. The topological polar surface area (TPSA) is 71.1 Å². The molecule has 0 bridgehead atoms. The SMILES string of the molecule is COc1ncccc1C(=O)N1CCCC(c2[nH]ncc2-c2ccc(C)cc2)C1. The zero-order valence-electron chi connectivity index (χ0n) is 16.2. The van der Waals surface area contributed by atoms with Crippen molar-refractivity contribution in [3.8, 4) is 17.0 Å². The summed E-state index contributed by atoms with van der Waals surface area (Å²) >= 11 is 0. The average molecular weight is 376 g/mol. The van der Waals surface area contributed by atoms with Gasteiger partial charge in [0.05, 0.1) is 13.3 Å². The number of carbonyl (C=O) groups excluding carboxylic acids is 1. The second kappa shape index (κ2) is 7.84. The van der Waals surface area contributed by atoms with Crippen LogP contribution in [0.1, 0.15) is 40.4 Å². The van der Waals surface area contributed by atoms with Crippen molar-refractivity contribution < 1.29 is 9.53 Å². The number of carbonyl (C=O) groups is 1. The first kappa shape index (κ1) is 18.2. The highest BCUT2D eigenvalue weighted by Crippen LogP contribution is 2.34. The molecule has 0 radical (unpaired) electrons. The van der Waals surface area contributed by atoms with E-state index in [2.05, 4.69) is 46.4 Å². The number of aryl methyl sites for hydroxylation is 1. The van der Waals surface area contributed by atoms with E-state index in [0.29, 0.717) is 18.0 Å². The summed E-state index contributed by atoms with van der Waals surface area (Å²) in [6.07, 6.45) is 5.48. The highest BCUT2D eigenvalue weighted by molar-refractivity contribution is 5.96. The van der Waals surface area contributed by atoms with Gasteiger partial charge in [-0.15, -0.1) is 0 Å². The summed E-state index contributed by atoms with van der Waals surface area (Å²) in [5.41, 5.74) is 5.09. The van der Waals surface area contributed by atoms with Crippen LogP contribution in [-0.4, -0.2) is 46.2 Å². The number of likely N-dealkylation sites (tertiary alicyclic amines) is 1. The molecule has 3 heterocycles. The maximum Gasteiger partial charge on any atom is 0.259 e. The maximum atomic E-state index is 13.1. The number of methoxy groups -OCH3 is 1. The lowest BCUT2D eigenvalue weighted by atomic mass is 9.90. The normalized spacial score (nSPS) is 16.8. The minimum Gasteiger partial charge on any atom is -0.480 e. The van der Waals surface area contributed by atoms with Crippen molar-refractivity contribution in [2.45, 2.75) is 25.7 Å². The third-order valence-electron chi connectivity index (χ3n) is 5.34. The number of hydrogen-bond donors (Lipinski definition) is 1. The van der Waals surface area contributed by atoms with Gasteiger partial charge in [0.25, 0.3) is 5.91 Å². The second-order valence-corrected chi connectivity index (χ2v) is 7.21. The predicted molar refractivity (Wildman–Crippen MR) is 107 cm³/mol. The van der Waals surface area contributed by atoms with Crippen LogP contribution in [0.5, 0.6) is 5.88 Å². The van der Waals surface area contributed by atoms with Crippen molar-refractivity contribution >= 4 is 5.91 Å². The molecule has 1 amide bonds. The van der Waals surface area contributed by atoms with Crippen LogP contribution in [0, 0.1) is 6.92 Å². The molecule has 0 aliphatic carbocycles. The van der Waals surface area contributed by atoms with E-state index in [0.717, 1.165) is 36.2 Å². The van der Waals surface area contributed by atoms with Crippen LogP contribution in [-0.2, 0) is 0 Å². The smallest absolute Gasteiger partial charge is 0.259 e. The Hall–Kier alpha value is -3.15. The maximum absolute atomic E-state index is 13.1. The summed E-state index contributed by atoms with van der Waals surface area (Å²) in [5, 5.41) is 7.48. The number of ether oxygens (including phenoxy) is 1. The molecule has 1 saturated heterocycles. The molecule has 0 saturated carbocycles. The molecule has 1 fully saturated rings. The summed E-state index contributed by atoms with van der Waals surface area (Å²) in [5.74, 6) is 0.557. The van der Waals surface area contributed by atoms with Crippen molar-refractivity contribution in [3.63, 3.8) is 0 Å². The number of nitrogens with one attached hydrogen (secondary N) is 1. The van der Waals surface area contributed by atoms with E-state index in [1.54, 1.807) is 18.3 Å². The largest absolute Gasteiger partial charge is 0.480 e. The van der Waals surface area contributed by atoms with Gasteiger partial charge in [-0.25, -0.2) is 4.98 Å². The number of benzene rings is 1. The lowest BCUT2D eigenvalue weighted by Gasteiger charge is -2.33. The van der Waals surface area contributed by atoms with Gasteiger partial charge in [0.15, 0.2) is 0 Å². The molecule has 6 heteroatoms. The number of H-pyrrole nitrogens is 1. The minimum atomic E-state index is -0.0361. The van der Waals surface area contributed by atoms with Crippen LogP contribution in [0.15, 0.2) is 48.8 Å². The van der Waals surface area contributed by atoms with Gasteiger partial charge in [0, 0.05) is 36.5 Å². The van der Waals surface area contributed by atoms with Gasteiger partial charge >= 0.3 is 0 Å². The molecule has 144 valence electrons. The van der Waals surface area contributed by atoms with E-state index >= 15 is 0 Å². The molecule has 1 atom stereocenters. The number of nitrogens with zero attached hydrogens (tertiary/aromatic N) is 3. The fourth-order valence-electron chi connectivity index (χ4n) is 3.85. The van der Waals surface area contributed by atoms with Gasteiger partial charge in [0.2, 0.25) is 5.88 Å². The van der Waals surface area contributed by atoms with Gasteiger partial charge in [-0.3, -0.25) is 9.89 Å². The highest BCUT2D eigenvalue weighted by atomic mass is 16.5. The Balaban J connectivity index is 1.57. The molecule has 4 rings (SSSR count).